The molecule has 3 rings (SSSR count). The van der Waals surface area contributed by atoms with Gasteiger partial charge in [0.1, 0.15) is 11.4 Å². The zero-order chi connectivity index (χ0) is 21.0. The molecule has 29 heavy (non-hydrogen) atoms. The molecule has 1 aliphatic heterocycles. The lowest BCUT2D eigenvalue weighted by Gasteiger charge is -2.33. The number of likely N-dealkylation sites (tertiary alicyclic amines) is 1. The SMILES string of the molecule is COc1ccc(-c2cc(C(F)(F)F)nc(SCC(=O)N3CCCC[C@H]3C)n2)cc1. The summed E-state index contributed by atoms with van der Waals surface area (Å²) in [6.07, 6.45) is -1.63. The summed E-state index contributed by atoms with van der Waals surface area (Å²) in [7, 11) is 1.51. The molecule has 1 aliphatic rings. The Bertz CT molecular complexity index is 859. The number of hydrogen-bond donors (Lipinski definition) is 0. The molecule has 1 aromatic carbocycles. The fourth-order valence-corrected chi connectivity index (χ4v) is 3.97. The number of alkyl halides is 3. The van der Waals surface area contributed by atoms with Gasteiger partial charge in [0, 0.05) is 18.2 Å². The first kappa shape index (κ1) is 21.4. The van der Waals surface area contributed by atoms with Crippen LogP contribution in [0.1, 0.15) is 31.9 Å². The van der Waals surface area contributed by atoms with Crippen molar-refractivity contribution < 1.29 is 22.7 Å². The molecule has 0 bridgehead atoms. The number of hydrogen-bond acceptors (Lipinski definition) is 5. The van der Waals surface area contributed by atoms with E-state index in [1.165, 1.54) is 7.11 Å². The Kier molecular flexibility index (Phi) is 6.66. The zero-order valence-electron chi connectivity index (χ0n) is 16.2. The van der Waals surface area contributed by atoms with Crippen molar-refractivity contribution in [2.45, 2.75) is 43.6 Å². The number of ether oxygens (including phenoxy) is 1. The molecule has 2 heterocycles. The van der Waals surface area contributed by atoms with Gasteiger partial charge in [-0.2, -0.15) is 13.2 Å². The molecule has 0 N–H and O–H groups in total. The Labute approximate surface area is 171 Å². The number of carbonyl (C=O) groups excluding carboxylic acids is 1. The number of carbonyl (C=O) groups is 1. The number of piperidine rings is 1. The van der Waals surface area contributed by atoms with E-state index in [9.17, 15) is 18.0 Å². The highest BCUT2D eigenvalue weighted by molar-refractivity contribution is 7.99. The van der Waals surface area contributed by atoms with E-state index in [0.29, 0.717) is 17.9 Å². The minimum Gasteiger partial charge on any atom is -0.497 e. The van der Waals surface area contributed by atoms with Crippen molar-refractivity contribution in [2.24, 2.45) is 0 Å². The van der Waals surface area contributed by atoms with Crippen LogP contribution in [-0.4, -0.2) is 46.2 Å². The summed E-state index contributed by atoms with van der Waals surface area (Å²) in [6.45, 7) is 2.67. The summed E-state index contributed by atoms with van der Waals surface area (Å²) in [5.41, 5.74) is -0.368. The first-order chi connectivity index (χ1) is 13.8. The third kappa shape index (κ3) is 5.41. The van der Waals surface area contributed by atoms with E-state index in [2.05, 4.69) is 9.97 Å². The van der Waals surface area contributed by atoms with Crippen molar-refractivity contribution >= 4 is 17.7 Å². The summed E-state index contributed by atoms with van der Waals surface area (Å²) in [5.74, 6) is 0.497. The quantitative estimate of drug-likeness (QED) is 0.515. The van der Waals surface area contributed by atoms with Crippen LogP contribution in [0, 0.1) is 0 Å². The van der Waals surface area contributed by atoms with Crippen LogP contribution < -0.4 is 4.74 Å². The van der Waals surface area contributed by atoms with Crippen LogP contribution in [0.2, 0.25) is 0 Å². The molecule has 1 fully saturated rings. The van der Waals surface area contributed by atoms with Crippen molar-refractivity contribution in [3.8, 4) is 17.0 Å². The van der Waals surface area contributed by atoms with Crippen LogP contribution in [0.3, 0.4) is 0 Å². The van der Waals surface area contributed by atoms with Crippen LogP contribution in [-0.2, 0) is 11.0 Å². The third-order valence-corrected chi connectivity index (χ3v) is 5.66. The second-order valence-electron chi connectivity index (χ2n) is 6.87. The smallest absolute Gasteiger partial charge is 0.433 e. The molecule has 0 radical (unpaired) electrons. The average Bonchev–Trinajstić information content (AvgIpc) is 2.71. The second-order valence-corrected chi connectivity index (χ2v) is 7.81. The Balaban J connectivity index is 1.82. The van der Waals surface area contributed by atoms with Crippen LogP contribution >= 0.6 is 11.8 Å². The van der Waals surface area contributed by atoms with Gasteiger partial charge in [-0.3, -0.25) is 4.79 Å². The summed E-state index contributed by atoms with van der Waals surface area (Å²) < 4.78 is 45.1. The van der Waals surface area contributed by atoms with Gasteiger partial charge in [-0.05, 0) is 56.5 Å². The molecular formula is C20H22F3N3O2S. The Morgan fingerprint density at radius 2 is 1.97 bits per heavy atom. The maximum Gasteiger partial charge on any atom is 0.433 e. The normalized spacial score (nSPS) is 17.3. The molecule has 0 unspecified atom stereocenters. The van der Waals surface area contributed by atoms with Crippen molar-refractivity contribution in [1.82, 2.24) is 14.9 Å². The summed E-state index contributed by atoms with van der Waals surface area (Å²) in [6, 6.07) is 7.64. The van der Waals surface area contributed by atoms with Gasteiger partial charge < -0.3 is 9.64 Å². The molecule has 1 aromatic heterocycles. The summed E-state index contributed by atoms with van der Waals surface area (Å²) in [4.78, 5) is 22.2. The highest BCUT2D eigenvalue weighted by Gasteiger charge is 2.34. The lowest BCUT2D eigenvalue weighted by Crippen LogP contribution is -2.42. The number of rotatable bonds is 5. The molecule has 1 saturated heterocycles. The molecule has 1 amide bonds. The number of halogens is 3. The van der Waals surface area contributed by atoms with Crippen LogP contribution in [0.4, 0.5) is 13.2 Å². The molecule has 1 atom stereocenters. The highest BCUT2D eigenvalue weighted by Crippen LogP contribution is 2.32. The van der Waals surface area contributed by atoms with Crippen LogP contribution in [0.25, 0.3) is 11.3 Å². The van der Waals surface area contributed by atoms with Gasteiger partial charge in [-0.15, -0.1) is 0 Å². The number of thioether (sulfide) groups is 1. The van der Waals surface area contributed by atoms with Crippen molar-refractivity contribution in [3.05, 3.63) is 36.0 Å². The molecule has 156 valence electrons. The minimum absolute atomic E-state index is 0.00764. The number of benzene rings is 1. The predicted molar refractivity (Wildman–Crippen MR) is 105 cm³/mol. The largest absolute Gasteiger partial charge is 0.497 e. The summed E-state index contributed by atoms with van der Waals surface area (Å²) >= 11 is 0.933. The minimum atomic E-state index is -4.61. The Morgan fingerprint density at radius 1 is 1.24 bits per heavy atom. The number of nitrogens with zero attached hydrogens (tertiary/aromatic N) is 3. The fourth-order valence-electron chi connectivity index (χ4n) is 3.22. The molecule has 5 nitrogen and oxygen atoms in total. The van der Waals surface area contributed by atoms with E-state index < -0.39 is 11.9 Å². The van der Waals surface area contributed by atoms with Gasteiger partial charge in [0.25, 0.3) is 0 Å². The van der Waals surface area contributed by atoms with E-state index in [4.69, 9.17) is 4.74 Å². The number of amides is 1. The van der Waals surface area contributed by atoms with E-state index in [0.717, 1.165) is 37.1 Å². The van der Waals surface area contributed by atoms with E-state index in [1.807, 2.05) is 6.92 Å². The lowest BCUT2D eigenvalue weighted by atomic mass is 10.0. The van der Waals surface area contributed by atoms with Gasteiger partial charge in [-0.1, -0.05) is 11.8 Å². The fraction of sp³-hybridized carbons (Fsp3) is 0.450. The van der Waals surface area contributed by atoms with Gasteiger partial charge in [0.05, 0.1) is 18.6 Å². The van der Waals surface area contributed by atoms with E-state index >= 15 is 0 Å². The van der Waals surface area contributed by atoms with Crippen molar-refractivity contribution in [1.29, 1.82) is 0 Å². The predicted octanol–water partition coefficient (Wildman–Crippen LogP) is 4.66. The van der Waals surface area contributed by atoms with Crippen molar-refractivity contribution in [2.75, 3.05) is 19.4 Å². The molecule has 2 aromatic rings. The molecular weight excluding hydrogens is 403 g/mol. The van der Waals surface area contributed by atoms with Gasteiger partial charge in [0.2, 0.25) is 5.91 Å². The van der Waals surface area contributed by atoms with Crippen LogP contribution in [0.5, 0.6) is 5.75 Å². The third-order valence-electron chi connectivity index (χ3n) is 4.83. The molecule has 9 heteroatoms. The van der Waals surface area contributed by atoms with Crippen molar-refractivity contribution in [3.63, 3.8) is 0 Å². The molecule has 0 saturated carbocycles. The second kappa shape index (κ2) is 9.02. The van der Waals surface area contributed by atoms with E-state index in [1.54, 1.807) is 29.2 Å². The average molecular weight is 425 g/mol. The van der Waals surface area contributed by atoms with Gasteiger partial charge >= 0.3 is 6.18 Å². The monoisotopic (exact) mass is 425 g/mol. The first-order valence-electron chi connectivity index (χ1n) is 9.31. The molecule has 0 aliphatic carbocycles. The first-order valence-corrected chi connectivity index (χ1v) is 10.3. The summed E-state index contributed by atoms with van der Waals surface area (Å²) in [5, 5.41) is -0.0661. The topological polar surface area (TPSA) is 55.3 Å². The van der Waals surface area contributed by atoms with Gasteiger partial charge in [0.15, 0.2) is 5.16 Å². The van der Waals surface area contributed by atoms with Gasteiger partial charge in [-0.25, -0.2) is 9.97 Å². The Morgan fingerprint density at radius 3 is 2.59 bits per heavy atom. The maximum absolute atomic E-state index is 13.3. The zero-order valence-corrected chi connectivity index (χ0v) is 17.0. The molecule has 0 spiro atoms. The van der Waals surface area contributed by atoms with Crippen LogP contribution in [0.15, 0.2) is 35.5 Å². The standard InChI is InChI=1S/C20H22F3N3O2S/c1-13-5-3-4-10-26(13)18(27)12-29-19-24-16(11-17(25-19)20(21,22)23)14-6-8-15(28-2)9-7-14/h6-9,11,13H,3-5,10,12H2,1-2H3/t13-/m1/s1. The Hall–Kier alpha value is -2.29. The number of methoxy groups -OCH3 is 1. The number of aromatic nitrogens is 2. The van der Waals surface area contributed by atoms with E-state index in [-0.39, 0.29) is 28.6 Å². The lowest BCUT2D eigenvalue weighted by molar-refractivity contribution is -0.141. The maximum atomic E-state index is 13.3. The highest BCUT2D eigenvalue weighted by atomic mass is 32.2.